The van der Waals surface area contributed by atoms with Gasteiger partial charge in [-0.2, -0.15) is 0 Å². The Kier molecular flexibility index (Phi) is 14.9. The van der Waals surface area contributed by atoms with Crippen LogP contribution in [0.3, 0.4) is 0 Å². The molecule has 0 unspecified atom stereocenters. The largest absolute Gasteiger partial charge is 0.341 e. The van der Waals surface area contributed by atoms with Crippen molar-refractivity contribution in [2.45, 2.75) is 74.3 Å². The van der Waals surface area contributed by atoms with E-state index in [9.17, 15) is 13.6 Å². The fourth-order valence-electron chi connectivity index (χ4n) is 5.69. The van der Waals surface area contributed by atoms with Gasteiger partial charge in [0.2, 0.25) is 0 Å². The maximum absolute atomic E-state index is 14.0. The lowest BCUT2D eigenvalue weighted by atomic mass is 9.91. The highest BCUT2D eigenvalue weighted by atomic mass is 19.1. The van der Waals surface area contributed by atoms with Gasteiger partial charge in [0.05, 0.1) is 5.71 Å². The van der Waals surface area contributed by atoms with E-state index in [2.05, 4.69) is 51.3 Å². The number of carbonyl (C=O) groups is 1. The third-order valence-corrected chi connectivity index (χ3v) is 9.00. The Balaban J connectivity index is 0.00000121. The number of halogens is 2. The van der Waals surface area contributed by atoms with E-state index in [0.29, 0.717) is 36.3 Å². The zero-order valence-electron chi connectivity index (χ0n) is 30.3. The minimum atomic E-state index is -0.408. The van der Waals surface area contributed by atoms with E-state index in [1.807, 2.05) is 43.0 Å². The first-order chi connectivity index (χ1) is 23.4. The molecule has 1 saturated heterocycles. The minimum absolute atomic E-state index is 0.0463. The van der Waals surface area contributed by atoms with Crippen molar-refractivity contribution in [1.29, 1.82) is 5.41 Å². The highest BCUT2D eigenvalue weighted by Crippen LogP contribution is 2.33. The number of aryl methyl sites for hydroxylation is 2. The van der Waals surface area contributed by atoms with Crippen LogP contribution in [-0.4, -0.2) is 29.6 Å². The quantitative estimate of drug-likeness (QED) is 0.164. The van der Waals surface area contributed by atoms with Gasteiger partial charge < -0.3 is 9.80 Å². The summed E-state index contributed by atoms with van der Waals surface area (Å²) in [5, 5.41) is 8.69. The zero-order chi connectivity index (χ0) is 36.1. The molecule has 49 heavy (non-hydrogen) atoms. The van der Waals surface area contributed by atoms with E-state index in [1.165, 1.54) is 24.6 Å². The number of rotatable bonds is 11. The molecular weight excluding hydrogens is 612 g/mol. The highest BCUT2D eigenvalue weighted by molar-refractivity contribution is 6.13. The molecule has 0 radical (unpaired) electrons. The maximum atomic E-state index is 14.0. The molecule has 0 aromatic heterocycles. The molecule has 0 atom stereocenters. The molecule has 4 rings (SSSR count). The molecule has 3 aromatic carbocycles. The van der Waals surface area contributed by atoms with Crippen LogP contribution in [0.15, 0.2) is 115 Å². The second-order valence-electron chi connectivity index (χ2n) is 13.0. The molecule has 0 bridgehead atoms. The van der Waals surface area contributed by atoms with Gasteiger partial charge in [0, 0.05) is 53.6 Å². The molecule has 1 fully saturated rings. The summed E-state index contributed by atoms with van der Waals surface area (Å²) in [6.07, 6.45) is 9.03. The van der Waals surface area contributed by atoms with E-state index in [-0.39, 0.29) is 23.4 Å². The first kappa shape index (κ1) is 38.9. The molecule has 0 spiro atoms. The second-order valence-corrected chi connectivity index (χ2v) is 13.0. The van der Waals surface area contributed by atoms with Crippen LogP contribution in [0.1, 0.15) is 86.5 Å². The molecule has 1 aliphatic rings. The third-order valence-electron chi connectivity index (χ3n) is 9.00. The third kappa shape index (κ3) is 11.0. The first-order valence-corrected chi connectivity index (χ1v) is 17.3. The molecular formula is C43H53F2N3O. The number of carbonyl (C=O) groups excluding carboxylic acids is 1. The Labute approximate surface area is 293 Å². The van der Waals surface area contributed by atoms with Crippen molar-refractivity contribution in [2.24, 2.45) is 11.8 Å². The normalized spacial score (nSPS) is 14.1. The topological polar surface area (TPSA) is 47.4 Å². The number of para-hydroxylation sites is 1. The summed E-state index contributed by atoms with van der Waals surface area (Å²) in [5.74, 6) is 0.340. The molecule has 0 aliphatic carbocycles. The fraction of sp³-hybridized carbons (Fsp3) is 0.349. The predicted molar refractivity (Wildman–Crippen MR) is 202 cm³/mol. The standard InChI is InChI=1S/C38H41F2N3O.C5H12/c1-6-11-31(24-33(39)7-2)37(41)35-17-16-32(22-27(35)4)38(44)42-20-18-30(19-21-42)28(5)43(36-15-9-8-12-26(36)3)25-29-13-10-14-34(40)23-29;1-4-5(2)3/h6-17,22-24,30,41H,5,18-21,25H2,1-4H3;5H,4H2,1-3H3/b11-6-,31-24+,33-7+,41-37?;. The summed E-state index contributed by atoms with van der Waals surface area (Å²) < 4.78 is 28.0. The van der Waals surface area contributed by atoms with E-state index < -0.39 is 5.83 Å². The highest BCUT2D eigenvalue weighted by Gasteiger charge is 2.28. The van der Waals surface area contributed by atoms with Crippen LogP contribution in [0.4, 0.5) is 14.5 Å². The molecule has 1 amide bonds. The number of hydrogen-bond acceptors (Lipinski definition) is 3. The van der Waals surface area contributed by atoms with Crippen molar-refractivity contribution < 1.29 is 13.6 Å². The SMILES string of the molecule is C=C(C1CCN(C(=O)c2ccc(C(=N)C(/C=C\C)=C/C(F)=C\C)c(C)c2)CC1)N(Cc1cccc(F)c1)c1ccccc1C.CCC(C)C. The average molecular weight is 666 g/mol. The lowest BCUT2D eigenvalue weighted by Crippen LogP contribution is -2.40. The smallest absolute Gasteiger partial charge is 0.253 e. The Morgan fingerprint density at radius 3 is 2.27 bits per heavy atom. The van der Waals surface area contributed by atoms with Crippen molar-refractivity contribution >= 4 is 17.3 Å². The number of nitrogens with zero attached hydrogens (tertiary/aromatic N) is 2. The molecule has 0 saturated carbocycles. The summed E-state index contributed by atoms with van der Waals surface area (Å²) in [6.45, 7) is 20.2. The number of hydrogen-bond donors (Lipinski definition) is 1. The van der Waals surface area contributed by atoms with E-state index in [0.717, 1.165) is 46.8 Å². The van der Waals surface area contributed by atoms with Crippen molar-refractivity contribution in [3.05, 3.63) is 148 Å². The maximum Gasteiger partial charge on any atom is 0.253 e. The lowest BCUT2D eigenvalue weighted by Gasteiger charge is -2.38. The number of nitrogens with one attached hydrogen (secondary N) is 1. The van der Waals surface area contributed by atoms with Crippen LogP contribution in [0, 0.1) is 36.9 Å². The van der Waals surface area contributed by atoms with Crippen molar-refractivity contribution in [2.75, 3.05) is 18.0 Å². The lowest BCUT2D eigenvalue weighted by molar-refractivity contribution is 0.0701. The van der Waals surface area contributed by atoms with E-state index in [4.69, 9.17) is 5.41 Å². The van der Waals surface area contributed by atoms with Gasteiger partial charge in [-0.15, -0.1) is 0 Å². The van der Waals surface area contributed by atoms with Crippen molar-refractivity contribution in [1.82, 2.24) is 4.90 Å². The van der Waals surface area contributed by atoms with Gasteiger partial charge in [0.15, 0.2) is 0 Å². The fourth-order valence-corrected chi connectivity index (χ4v) is 5.69. The zero-order valence-corrected chi connectivity index (χ0v) is 30.3. The Morgan fingerprint density at radius 2 is 1.69 bits per heavy atom. The summed E-state index contributed by atoms with van der Waals surface area (Å²) in [5.41, 5.74) is 6.67. The first-order valence-electron chi connectivity index (χ1n) is 17.3. The van der Waals surface area contributed by atoms with Crippen LogP contribution in [0.2, 0.25) is 0 Å². The molecule has 4 nitrogen and oxygen atoms in total. The van der Waals surface area contributed by atoms with Crippen molar-refractivity contribution in [3.8, 4) is 0 Å². The van der Waals surface area contributed by atoms with Crippen LogP contribution in [0.25, 0.3) is 0 Å². The summed E-state index contributed by atoms with van der Waals surface area (Å²) in [7, 11) is 0. The Bertz CT molecular complexity index is 1690. The number of benzene rings is 3. The van der Waals surface area contributed by atoms with Gasteiger partial charge in [-0.25, -0.2) is 8.78 Å². The van der Waals surface area contributed by atoms with Crippen LogP contribution >= 0.6 is 0 Å². The van der Waals surface area contributed by atoms with Crippen molar-refractivity contribution in [3.63, 3.8) is 0 Å². The van der Waals surface area contributed by atoms with E-state index >= 15 is 0 Å². The van der Waals surface area contributed by atoms with Gasteiger partial charge in [-0.05, 0) is 99.6 Å². The summed E-state index contributed by atoms with van der Waals surface area (Å²) >= 11 is 0. The van der Waals surface area contributed by atoms with Gasteiger partial charge in [0.25, 0.3) is 5.91 Å². The van der Waals surface area contributed by atoms with Crippen LogP contribution in [-0.2, 0) is 6.54 Å². The monoisotopic (exact) mass is 665 g/mol. The number of piperidine rings is 1. The predicted octanol–water partition coefficient (Wildman–Crippen LogP) is 11.3. The Hall–Kier alpha value is -4.58. The average Bonchev–Trinajstić information content (AvgIpc) is 3.10. The summed E-state index contributed by atoms with van der Waals surface area (Å²) in [6, 6.07) is 20.1. The summed E-state index contributed by atoms with van der Waals surface area (Å²) in [4.78, 5) is 17.6. The molecule has 1 N–H and O–H groups in total. The minimum Gasteiger partial charge on any atom is -0.341 e. The van der Waals surface area contributed by atoms with Gasteiger partial charge in [-0.1, -0.05) is 88.4 Å². The van der Waals surface area contributed by atoms with E-state index in [1.54, 1.807) is 43.3 Å². The molecule has 3 aromatic rings. The molecule has 6 heteroatoms. The number of likely N-dealkylation sites (tertiary alicyclic amines) is 1. The van der Waals surface area contributed by atoms with Gasteiger partial charge >= 0.3 is 0 Å². The number of allylic oxidation sites excluding steroid dienone is 7. The number of anilines is 1. The molecule has 1 aliphatic heterocycles. The second kappa shape index (κ2) is 18.8. The Morgan fingerprint density at radius 1 is 1.02 bits per heavy atom. The van der Waals surface area contributed by atoms with Gasteiger partial charge in [0.1, 0.15) is 11.6 Å². The van der Waals surface area contributed by atoms with Gasteiger partial charge in [-0.3, -0.25) is 10.2 Å². The number of amides is 1. The molecule has 1 heterocycles. The van der Waals surface area contributed by atoms with Crippen LogP contribution in [0.5, 0.6) is 0 Å². The molecule has 260 valence electrons. The van der Waals surface area contributed by atoms with Crippen LogP contribution < -0.4 is 4.90 Å².